The average Bonchev–Trinajstić information content (AvgIpc) is 2.23. The van der Waals surface area contributed by atoms with Gasteiger partial charge in [-0.2, -0.15) is 0 Å². The van der Waals surface area contributed by atoms with Crippen LogP contribution in [0.2, 0.25) is 10.0 Å². The molecule has 0 saturated carbocycles. The lowest BCUT2D eigenvalue weighted by atomic mass is 10.3. The number of halogens is 2. The van der Waals surface area contributed by atoms with Gasteiger partial charge in [-0.1, -0.05) is 30.1 Å². The maximum absolute atomic E-state index is 11.6. The Morgan fingerprint density at radius 3 is 2.53 bits per heavy atom. The van der Waals surface area contributed by atoms with Crippen LogP contribution in [0.3, 0.4) is 0 Å². The van der Waals surface area contributed by atoms with Crippen LogP contribution >= 0.6 is 23.2 Å². The number of sulfonamides is 1. The molecule has 0 radical (unpaired) electrons. The van der Waals surface area contributed by atoms with Gasteiger partial charge in [0.15, 0.2) is 0 Å². The number of benzene rings is 1. The zero-order valence-electron chi connectivity index (χ0n) is 9.33. The summed E-state index contributed by atoms with van der Waals surface area (Å²) in [4.78, 5) is 0. The highest BCUT2D eigenvalue weighted by Crippen LogP contribution is 2.25. The minimum absolute atomic E-state index is 0.0150. The normalized spacial score (nSPS) is 11.5. The second kappa shape index (κ2) is 6.44. The number of hydrogen-bond acceptors (Lipinski definition) is 3. The Morgan fingerprint density at radius 2 is 1.94 bits per heavy atom. The molecule has 7 heteroatoms. The molecule has 0 aliphatic carbocycles. The molecule has 0 bridgehead atoms. The van der Waals surface area contributed by atoms with E-state index in [0.29, 0.717) is 22.3 Å². The predicted molar refractivity (Wildman–Crippen MR) is 72.4 cm³/mol. The molecule has 0 atom stereocenters. The molecule has 2 N–H and O–H groups in total. The van der Waals surface area contributed by atoms with Crippen molar-refractivity contribution in [1.29, 1.82) is 0 Å². The van der Waals surface area contributed by atoms with E-state index in [1.54, 1.807) is 12.1 Å². The highest BCUT2D eigenvalue weighted by Gasteiger charge is 2.10. The Labute approximate surface area is 111 Å². The van der Waals surface area contributed by atoms with Crippen LogP contribution in [0.5, 0.6) is 0 Å². The highest BCUT2D eigenvalue weighted by molar-refractivity contribution is 7.92. The first-order valence-corrected chi connectivity index (χ1v) is 7.51. The molecule has 0 unspecified atom stereocenters. The zero-order valence-corrected chi connectivity index (χ0v) is 11.7. The quantitative estimate of drug-likeness (QED) is 0.792. The van der Waals surface area contributed by atoms with Gasteiger partial charge in [0, 0.05) is 6.54 Å². The maximum atomic E-state index is 11.6. The van der Waals surface area contributed by atoms with Gasteiger partial charge in [0.2, 0.25) is 10.0 Å². The maximum Gasteiger partial charge on any atom is 0.233 e. The van der Waals surface area contributed by atoms with Gasteiger partial charge in [0.1, 0.15) is 0 Å². The standard InChI is InChI=1S/C10H14Cl2N2O2S/c1-2-13-5-6-17(15,16)14-8-3-4-9(11)10(12)7-8/h3-4,7,13-14H,2,5-6H2,1H3. The van der Waals surface area contributed by atoms with E-state index >= 15 is 0 Å². The van der Waals surface area contributed by atoms with Crippen molar-refractivity contribution in [3.05, 3.63) is 28.2 Å². The molecule has 1 aromatic carbocycles. The first-order valence-electron chi connectivity index (χ1n) is 5.11. The highest BCUT2D eigenvalue weighted by atomic mass is 35.5. The van der Waals surface area contributed by atoms with Gasteiger partial charge in [-0.15, -0.1) is 0 Å². The second-order valence-corrected chi connectivity index (χ2v) is 6.06. The molecule has 96 valence electrons. The van der Waals surface area contributed by atoms with Crippen molar-refractivity contribution < 1.29 is 8.42 Å². The van der Waals surface area contributed by atoms with E-state index in [-0.39, 0.29) is 5.75 Å². The van der Waals surface area contributed by atoms with Crippen LogP contribution in [-0.2, 0) is 10.0 Å². The Morgan fingerprint density at radius 1 is 1.24 bits per heavy atom. The van der Waals surface area contributed by atoms with Crippen LogP contribution in [0.15, 0.2) is 18.2 Å². The average molecular weight is 297 g/mol. The van der Waals surface area contributed by atoms with Crippen molar-refractivity contribution in [3.63, 3.8) is 0 Å². The lowest BCUT2D eigenvalue weighted by Crippen LogP contribution is -2.26. The number of hydrogen-bond donors (Lipinski definition) is 2. The molecule has 0 fully saturated rings. The minimum atomic E-state index is -3.35. The Hall–Kier alpha value is -0.490. The first kappa shape index (κ1) is 14.6. The summed E-state index contributed by atoms with van der Waals surface area (Å²) in [6.45, 7) is 3.06. The molecule has 0 saturated heterocycles. The van der Waals surface area contributed by atoms with Crippen molar-refractivity contribution in [2.75, 3.05) is 23.6 Å². The van der Waals surface area contributed by atoms with Crippen LogP contribution in [0, 0.1) is 0 Å². The topological polar surface area (TPSA) is 58.2 Å². The Kier molecular flexibility index (Phi) is 5.52. The van der Waals surface area contributed by atoms with Crippen LogP contribution in [0.25, 0.3) is 0 Å². The lowest BCUT2D eigenvalue weighted by Gasteiger charge is -2.08. The van der Waals surface area contributed by atoms with E-state index in [1.807, 2.05) is 6.92 Å². The van der Waals surface area contributed by atoms with Gasteiger partial charge in [-0.3, -0.25) is 4.72 Å². The van der Waals surface area contributed by atoms with Gasteiger partial charge in [-0.05, 0) is 24.7 Å². The van der Waals surface area contributed by atoms with Crippen molar-refractivity contribution in [2.45, 2.75) is 6.92 Å². The zero-order chi connectivity index (χ0) is 12.9. The minimum Gasteiger partial charge on any atom is -0.316 e. The fraction of sp³-hybridized carbons (Fsp3) is 0.400. The van der Waals surface area contributed by atoms with Gasteiger partial charge < -0.3 is 5.32 Å². The summed E-state index contributed by atoms with van der Waals surface area (Å²) in [5.41, 5.74) is 0.413. The molecule has 0 aliphatic rings. The van der Waals surface area contributed by atoms with Crippen LogP contribution < -0.4 is 10.0 Å². The molecule has 1 aromatic rings. The summed E-state index contributed by atoms with van der Waals surface area (Å²) in [5, 5.41) is 3.65. The summed E-state index contributed by atoms with van der Waals surface area (Å²) >= 11 is 11.5. The SMILES string of the molecule is CCNCCS(=O)(=O)Nc1ccc(Cl)c(Cl)c1. The molecule has 0 amide bonds. The Bertz CT molecular complexity index is 477. The van der Waals surface area contributed by atoms with Crippen LogP contribution in [0.1, 0.15) is 6.92 Å². The smallest absolute Gasteiger partial charge is 0.233 e. The van der Waals surface area contributed by atoms with Crippen LogP contribution in [0.4, 0.5) is 5.69 Å². The van der Waals surface area contributed by atoms with E-state index < -0.39 is 10.0 Å². The predicted octanol–water partition coefficient (Wildman–Crippen LogP) is 2.34. The summed E-state index contributed by atoms with van der Waals surface area (Å²) in [6, 6.07) is 4.60. The number of nitrogens with one attached hydrogen (secondary N) is 2. The third kappa shape index (κ3) is 5.12. The molecule has 0 aliphatic heterocycles. The lowest BCUT2D eigenvalue weighted by molar-refractivity contribution is 0.597. The summed E-state index contributed by atoms with van der Waals surface area (Å²) in [6.07, 6.45) is 0. The van der Waals surface area contributed by atoms with Crippen molar-refractivity contribution in [2.24, 2.45) is 0 Å². The van der Waals surface area contributed by atoms with Crippen LogP contribution in [-0.4, -0.2) is 27.3 Å². The fourth-order valence-corrected chi connectivity index (χ4v) is 2.47. The molecule has 0 heterocycles. The Balaban J connectivity index is 2.66. The third-order valence-electron chi connectivity index (χ3n) is 1.99. The number of anilines is 1. The fourth-order valence-electron chi connectivity index (χ4n) is 1.17. The van der Waals surface area contributed by atoms with E-state index in [0.717, 1.165) is 6.54 Å². The van der Waals surface area contributed by atoms with E-state index in [2.05, 4.69) is 10.0 Å². The molecule has 0 spiro atoms. The second-order valence-electron chi connectivity index (χ2n) is 3.40. The first-order chi connectivity index (χ1) is 7.94. The third-order valence-corrected chi connectivity index (χ3v) is 4.02. The van der Waals surface area contributed by atoms with Crippen molar-refractivity contribution in [3.8, 4) is 0 Å². The van der Waals surface area contributed by atoms with Gasteiger partial charge in [-0.25, -0.2) is 8.42 Å². The largest absolute Gasteiger partial charge is 0.316 e. The van der Waals surface area contributed by atoms with E-state index in [1.165, 1.54) is 6.07 Å². The van der Waals surface area contributed by atoms with Crippen molar-refractivity contribution >= 4 is 38.9 Å². The summed E-state index contributed by atoms with van der Waals surface area (Å²) in [7, 11) is -3.35. The van der Waals surface area contributed by atoms with Gasteiger partial charge >= 0.3 is 0 Å². The monoisotopic (exact) mass is 296 g/mol. The van der Waals surface area contributed by atoms with Gasteiger partial charge in [0.25, 0.3) is 0 Å². The van der Waals surface area contributed by atoms with Gasteiger partial charge in [0.05, 0.1) is 21.5 Å². The molecule has 0 aromatic heterocycles. The molecule has 1 rings (SSSR count). The summed E-state index contributed by atoms with van der Waals surface area (Å²) in [5.74, 6) is 0.0150. The summed E-state index contributed by atoms with van der Waals surface area (Å²) < 4.78 is 25.7. The number of rotatable bonds is 6. The molecule has 17 heavy (non-hydrogen) atoms. The van der Waals surface area contributed by atoms with E-state index in [9.17, 15) is 8.42 Å². The van der Waals surface area contributed by atoms with Crippen molar-refractivity contribution in [1.82, 2.24) is 5.32 Å². The van der Waals surface area contributed by atoms with E-state index in [4.69, 9.17) is 23.2 Å². The molecular weight excluding hydrogens is 283 g/mol. The molecule has 4 nitrogen and oxygen atoms in total. The molecular formula is C10H14Cl2N2O2S.